The fraction of sp³-hybridized carbons (Fsp3) is 0.828. The lowest BCUT2D eigenvalue weighted by Crippen LogP contribution is -2.01. The molecule has 0 aromatic carbocycles. The summed E-state index contributed by atoms with van der Waals surface area (Å²) in [6, 6.07) is 0. The normalized spacial score (nSPS) is 12.4. The highest BCUT2D eigenvalue weighted by molar-refractivity contribution is 7.26. The SMILES string of the molecule is CCCCCCCCCCCC(CCC#Cc1csc2c(C#CCCC(CCCCCCCCCC)CCCCCCCCCCC)csc12)CCCCCCCCCC. The molecule has 0 nitrogen and oxygen atoms in total. The number of fused-ring (bicyclic) bond motifs is 1. The monoisotopic (exact) mass is 861 g/mol. The van der Waals surface area contributed by atoms with Crippen molar-refractivity contribution in [1.29, 1.82) is 0 Å². The van der Waals surface area contributed by atoms with Crippen LogP contribution < -0.4 is 0 Å². The molecule has 0 bridgehead atoms. The molecule has 0 N–H and O–H groups in total. The Kier molecular flexibility index (Phi) is 38.2. The van der Waals surface area contributed by atoms with E-state index in [2.05, 4.69) is 62.1 Å². The minimum absolute atomic E-state index is 0.861. The van der Waals surface area contributed by atoms with Crippen LogP contribution in [0.1, 0.15) is 308 Å². The average molecular weight is 862 g/mol. The molecule has 0 saturated carbocycles. The van der Waals surface area contributed by atoms with Crippen molar-refractivity contribution in [2.24, 2.45) is 11.8 Å². The molecule has 2 atom stereocenters. The summed E-state index contributed by atoms with van der Waals surface area (Å²) in [5.74, 6) is 16.3. The molecule has 2 heteroatoms. The van der Waals surface area contributed by atoms with E-state index >= 15 is 0 Å². The summed E-state index contributed by atoms with van der Waals surface area (Å²) in [6.45, 7) is 9.28. The van der Waals surface area contributed by atoms with Gasteiger partial charge in [0.25, 0.3) is 0 Å². The van der Waals surface area contributed by atoms with Gasteiger partial charge >= 0.3 is 0 Å². The van der Waals surface area contributed by atoms with Gasteiger partial charge in [-0.1, -0.05) is 295 Å². The van der Waals surface area contributed by atoms with E-state index in [-0.39, 0.29) is 0 Å². The number of thiophene rings is 2. The molecule has 2 unspecified atom stereocenters. The van der Waals surface area contributed by atoms with E-state index in [0.29, 0.717) is 0 Å². The summed E-state index contributed by atoms with van der Waals surface area (Å²) >= 11 is 3.74. The maximum atomic E-state index is 3.65. The Hall–Kier alpha value is -1.22. The molecule has 2 aromatic heterocycles. The van der Waals surface area contributed by atoms with Crippen LogP contribution in [-0.2, 0) is 0 Å². The largest absolute Gasteiger partial charge is 0.140 e. The summed E-state index contributed by atoms with van der Waals surface area (Å²) < 4.78 is 2.75. The first-order valence-corrected chi connectivity index (χ1v) is 29.0. The molecule has 0 aliphatic rings. The molecular formula is C58H100S2. The molecule has 2 aromatic rings. The van der Waals surface area contributed by atoms with Gasteiger partial charge in [-0.2, -0.15) is 0 Å². The first kappa shape index (κ1) is 54.9. The van der Waals surface area contributed by atoms with Crippen LogP contribution in [0.3, 0.4) is 0 Å². The van der Waals surface area contributed by atoms with Crippen molar-refractivity contribution in [3.8, 4) is 23.7 Å². The lowest BCUT2D eigenvalue weighted by atomic mass is 9.90. The van der Waals surface area contributed by atoms with Gasteiger partial charge in [0.05, 0.1) is 20.5 Å². The molecule has 0 fully saturated rings. The van der Waals surface area contributed by atoms with Gasteiger partial charge in [-0.25, -0.2) is 0 Å². The molecule has 0 radical (unpaired) electrons. The summed E-state index contributed by atoms with van der Waals surface area (Å²) in [5.41, 5.74) is 2.50. The summed E-state index contributed by atoms with van der Waals surface area (Å²) in [5, 5.41) is 4.62. The number of rotatable bonds is 42. The zero-order valence-electron chi connectivity index (χ0n) is 40.8. The van der Waals surface area contributed by atoms with Crippen LogP contribution in [0, 0.1) is 35.5 Å². The Morgan fingerprint density at radius 2 is 0.550 bits per heavy atom. The number of hydrogen-bond acceptors (Lipinski definition) is 2. The molecule has 2 rings (SSSR count). The van der Waals surface area contributed by atoms with Crippen molar-refractivity contribution in [3.63, 3.8) is 0 Å². The lowest BCUT2D eigenvalue weighted by Gasteiger charge is -2.16. The predicted molar refractivity (Wildman–Crippen MR) is 277 cm³/mol. The smallest absolute Gasteiger partial charge is 0.0620 e. The Balaban J connectivity index is 1.84. The zero-order valence-corrected chi connectivity index (χ0v) is 42.5. The highest BCUT2D eigenvalue weighted by Gasteiger charge is 2.11. The van der Waals surface area contributed by atoms with Crippen molar-refractivity contribution < 1.29 is 0 Å². The second-order valence-corrected chi connectivity index (χ2v) is 20.9. The van der Waals surface area contributed by atoms with Crippen LogP contribution in [0.4, 0.5) is 0 Å². The van der Waals surface area contributed by atoms with Crippen LogP contribution in [0.25, 0.3) is 9.40 Å². The van der Waals surface area contributed by atoms with Crippen molar-refractivity contribution in [2.75, 3.05) is 0 Å². The minimum atomic E-state index is 0.861. The van der Waals surface area contributed by atoms with E-state index in [1.807, 2.05) is 22.7 Å². The Labute approximate surface area is 384 Å². The van der Waals surface area contributed by atoms with Gasteiger partial charge in [-0.15, -0.1) is 22.7 Å². The van der Waals surface area contributed by atoms with Gasteiger partial charge in [0.1, 0.15) is 0 Å². The van der Waals surface area contributed by atoms with Gasteiger partial charge in [0, 0.05) is 23.6 Å². The van der Waals surface area contributed by atoms with Gasteiger partial charge in [-0.05, 0) is 24.7 Å². The molecule has 2 heterocycles. The van der Waals surface area contributed by atoms with Gasteiger partial charge < -0.3 is 0 Å². The third-order valence-electron chi connectivity index (χ3n) is 13.4. The summed E-state index contributed by atoms with van der Waals surface area (Å²) in [6.07, 6.45) is 58.8. The molecule has 0 saturated heterocycles. The molecule has 0 spiro atoms. The van der Waals surface area contributed by atoms with E-state index in [0.717, 1.165) is 24.7 Å². The Morgan fingerprint density at radius 1 is 0.317 bits per heavy atom. The van der Waals surface area contributed by atoms with E-state index in [9.17, 15) is 0 Å². The highest BCUT2D eigenvalue weighted by Crippen LogP contribution is 2.34. The van der Waals surface area contributed by atoms with Crippen LogP contribution in [-0.4, -0.2) is 0 Å². The summed E-state index contributed by atoms with van der Waals surface area (Å²) in [7, 11) is 0. The third kappa shape index (κ3) is 30.0. The maximum absolute atomic E-state index is 3.65. The van der Waals surface area contributed by atoms with Crippen LogP contribution in [0.2, 0.25) is 0 Å². The van der Waals surface area contributed by atoms with Gasteiger partial charge in [-0.3, -0.25) is 0 Å². The second-order valence-electron chi connectivity index (χ2n) is 19.1. The van der Waals surface area contributed by atoms with E-state index in [4.69, 9.17) is 0 Å². The fourth-order valence-electron chi connectivity index (χ4n) is 9.35. The molecule has 0 amide bonds. The first-order valence-electron chi connectivity index (χ1n) is 27.2. The fourth-order valence-corrected chi connectivity index (χ4v) is 11.5. The first-order chi connectivity index (χ1) is 29.7. The van der Waals surface area contributed by atoms with Crippen LogP contribution in [0.5, 0.6) is 0 Å². The maximum Gasteiger partial charge on any atom is 0.0620 e. The zero-order chi connectivity index (χ0) is 42.8. The standard InChI is InChI=1S/C58H100S2/c1-5-9-13-17-21-25-29-33-37-45-53(43-35-31-27-23-19-15-11-7-3)47-39-41-49-55-51-59-58-56(52-60-57(55)58)50-42-40-48-54(44-36-32-28-24-20-16-12-8-4)46-38-34-30-26-22-18-14-10-6-2/h51-54H,5-40,43-48H2,1-4H3. The average Bonchev–Trinajstić information content (AvgIpc) is 3.86. The van der Waals surface area contributed by atoms with Crippen molar-refractivity contribution in [2.45, 2.75) is 297 Å². The molecule has 344 valence electrons. The van der Waals surface area contributed by atoms with E-state index in [1.54, 1.807) is 0 Å². The number of unbranched alkanes of at least 4 members (excludes halogenated alkanes) is 30. The van der Waals surface area contributed by atoms with Gasteiger partial charge in [0.15, 0.2) is 0 Å². The van der Waals surface area contributed by atoms with Gasteiger partial charge in [0.2, 0.25) is 0 Å². The van der Waals surface area contributed by atoms with Crippen LogP contribution in [0.15, 0.2) is 10.8 Å². The predicted octanol–water partition coefficient (Wildman–Crippen LogP) is 21.4. The van der Waals surface area contributed by atoms with Crippen LogP contribution >= 0.6 is 22.7 Å². The summed E-state index contributed by atoms with van der Waals surface area (Å²) in [4.78, 5) is 0. The Bertz CT molecular complexity index is 1220. The quantitative estimate of drug-likeness (QED) is 0.0461. The van der Waals surface area contributed by atoms with Crippen molar-refractivity contribution in [1.82, 2.24) is 0 Å². The minimum Gasteiger partial charge on any atom is -0.140 e. The lowest BCUT2D eigenvalue weighted by molar-refractivity contribution is 0.383. The molecule has 0 aliphatic carbocycles. The second kappa shape index (κ2) is 41.8. The van der Waals surface area contributed by atoms with E-state index < -0.39 is 0 Å². The molecule has 0 aliphatic heterocycles. The topological polar surface area (TPSA) is 0 Å². The van der Waals surface area contributed by atoms with E-state index in [1.165, 1.54) is 277 Å². The molecular weight excluding hydrogens is 761 g/mol. The third-order valence-corrected chi connectivity index (χ3v) is 15.6. The highest BCUT2D eigenvalue weighted by atomic mass is 32.1. The Morgan fingerprint density at radius 3 is 0.800 bits per heavy atom. The van der Waals surface area contributed by atoms with Crippen molar-refractivity contribution in [3.05, 3.63) is 21.9 Å². The van der Waals surface area contributed by atoms with Crippen molar-refractivity contribution >= 4 is 32.1 Å². The molecule has 60 heavy (non-hydrogen) atoms. The number of hydrogen-bond donors (Lipinski definition) is 0.